The standard InChI is InChI=1S/C23H30N2O3/c1-4-28-22-10-7-19-12-14-25(16-20(19)15-22)17(2)23(26)24-13-11-18-5-8-21(27-3)9-6-18/h5-10,15,17H,4,11-14,16H2,1-3H3,(H,24,26). The van der Waals surface area contributed by atoms with Gasteiger partial charge in [-0.3, -0.25) is 9.69 Å². The van der Waals surface area contributed by atoms with Gasteiger partial charge in [0.1, 0.15) is 11.5 Å². The first-order valence-corrected chi connectivity index (χ1v) is 10.00. The number of carbonyl (C=O) groups excluding carboxylic acids is 1. The van der Waals surface area contributed by atoms with Crippen molar-refractivity contribution in [2.45, 2.75) is 39.3 Å². The van der Waals surface area contributed by atoms with Crippen molar-refractivity contribution >= 4 is 5.91 Å². The zero-order valence-electron chi connectivity index (χ0n) is 17.0. The number of methoxy groups -OCH3 is 1. The van der Waals surface area contributed by atoms with Gasteiger partial charge in [0.05, 0.1) is 19.8 Å². The Hall–Kier alpha value is -2.53. The van der Waals surface area contributed by atoms with E-state index in [1.165, 1.54) is 16.7 Å². The third-order valence-corrected chi connectivity index (χ3v) is 5.33. The van der Waals surface area contributed by atoms with Crippen LogP contribution in [0.15, 0.2) is 42.5 Å². The van der Waals surface area contributed by atoms with Crippen molar-refractivity contribution in [3.8, 4) is 11.5 Å². The number of carbonyl (C=O) groups is 1. The Morgan fingerprint density at radius 2 is 1.89 bits per heavy atom. The molecule has 1 atom stereocenters. The van der Waals surface area contributed by atoms with Crippen molar-refractivity contribution < 1.29 is 14.3 Å². The fourth-order valence-corrected chi connectivity index (χ4v) is 3.58. The summed E-state index contributed by atoms with van der Waals surface area (Å²) in [7, 11) is 1.66. The minimum Gasteiger partial charge on any atom is -0.497 e. The maximum Gasteiger partial charge on any atom is 0.237 e. The number of nitrogens with zero attached hydrogens (tertiary/aromatic N) is 1. The van der Waals surface area contributed by atoms with E-state index in [1.54, 1.807) is 7.11 Å². The Balaban J connectivity index is 1.51. The molecule has 0 aliphatic carbocycles. The monoisotopic (exact) mass is 382 g/mol. The summed E-state index contributed by atoms with van der Waals surface area (Å²) in [6.07, 6.45) is 1.77. The molecule has 0 radical (unpaired) electrons. The highest BCUT2D eigenvalue weighted by Gasteiger charge is 2.25. The molecule has 2 aromatic rings. The lowest BCUT2D eigenvalue weighted by Gasteiger charge is -2.33. The van der Waals surface area contributed by atoms with E-state index in [-0.39, 0.29) is 11.9 Å². The SMILES string of the molecule is CCOc1ccc2c(c1)CN(C(C)C(=O)NCCc1ccc(OC)cc1)CC2. The molecule has 0 fully saturated rings. The predicted molar refractivity (Wildman–Crippen MR) is 111 cm³/mol. The Bertz CT molecular complexity index is 789. The van der Waals surface area contributed by atoms with E-state index in [0.29, 0.717) is 13.2 Å². The second kappa shape index (κ2) is 9.60. The summed E-state index contributed by atoms with van der Waals surface area (Å²) >= 11 is 0. The van der Waals surface area contributed by atoms with Crippen LogP contribution in [0.2, 0.25) is 0 Å². The molecule has 1 heterocycles. The van der Waals surface area contributed by atoms with Gasteiger partial charge in [-0.2, -0.15) is 0 Å². The van der Waals surface area contributed by atoms with E-state index in [9.17, 15) is 4.79 Å². The number of nitrogens with one attached hydrogen (secondary N) is 1. The highest BCUT2D eigenvalue weighted by atomic mass is 16.5. The maximum atomic E-state index is 12.6. The molecule has 28 heavy (non-hydrogen) atoms. The summed E-state index contributed by atoms with van der Waals surface area (Å²) in [5.74, 6) is 1.83. The molecule has 1 N–H and O–H groups in total. The maximum absolute atomic E-state index is 12.6. The topological polar surface area (TPSA) is 50.8 Å². The van der Waals surface area contributed by atoms with Gasteiger partial charge in [0, 0.05) is 19.6 Å². The molecule has 0 aromatic heterocycles. The van der Waals surface area contributed by atoms with Crippen LogP contribution in [0.4, 0.5) is 0 Å². The van der Waals surface area contributed by atoms with Gasteiger partial charge in [-0.1, -0.05) is 18.2 Å². The van der Waals surface area contributed by atoms with Gasteiger partial charge in [0.15, 0.2) is 0 Å². The molecule has 1 unspecified atom stereocenters. The minimum atomic E-state index is -0.153. The van der Waals surface area contributed by atoms with E-state index in [4.69, 9.17) is 9.47 Å². The number of hydrogen-bond acceptors (Lipinski definition) is 4. The van der Waals surface area contributed by atoms with Crippen molar-refractivity contribution in [1.82, 2.24) is 10.2 Å². The average Bonchev–Trinajstić information content (AvgIpc) is 2.73. The van der Waals surface area contributed by atoms with Crippen LogP contribution in [-0.4, -0.2) is 43.7 Å². The molecule has 150 valence electrons. The fraction of sp³-hybridized carbons (Fsp3) is 0.435. The number of fused-ring (bicyclic) bond motifs is 1. The van der Waals surface area contributed by atoms with Gasteiger partial charge in [0.25, 0.3) is 0 Å². The van der Waals surface area contributed by atoms with Crippen molar-refractivity contribution in [1.29, 1.82) is 0 Å². The molecule has 0 saturated carbocycles. The van der Waals surface area contributed by atoms with E-state index >= 15 is 0 Å². The number of amides is 1. The lowest BCUT2D eigenvalue weighted by Crippen LogP contribution is -2.47. The van der Waals surface area contributed by atoms with Gasteiger partial charge in [0.2, 0.25) is 5.91 Å². The highest BCUT2D eigenvalue weighted by Crippen LogP contribution is 2.25. The molecule has 1 aliphatic heterocycles. The molecule has 5 nitrogen and oxygen atoms in total. The van der Waals surface area contributed by atoms with Crippen molar-refractivity contribution in [2.75, 3.05) is 26.8 Å². The van der Waals surface area contributed by atoms with Crippen molar-refractivity contribution in [3.05, 3.63) is 59.2 Å². The van der Waals surface area contributed by atoms with E-state index < -0.39 is 0 Å². The smallest absolute Gasteiger partial charge is 0.237 e. The second-order valence-electron chi connectivity index (χ2n) is 7.15. The zero-order chi connectivity index (χ0) is 19.9. The molecule has 1 aliphatic rings. The predicted octanol–water partition coefficient (Wildman–Crippen LogP) is 3.20. The van der Waals surface area contributed by atoms with Crippen LogP contribution in [0.3, 0.4) is 0 Å². The molecule has 0 spiro atoms. The lowest BCUT2D eigenvalue weighted by molar-refractivity contribution is -0.126. The number of benzene rings is 2. The summed E-state index contributed by atoms with van der Waals surface area (Å²) in [4.78, 5) is 14.9. The zero-order valence-corrected chi connectivity index (χ0v) is 17.0. The third kappa shape index (κ3) is 5.04. The molecule has 0 saturated heterocycles. The Kier molecular flexibility index (Phi) is 6.93. The lowest BCUT2D eigenvalue weighted by atomic mass is 9.98. The first-order chi connectivity index (χ1) is 13.6. The van der Waals surface area contributed by atoms with Gasteiger partial charge in [-0.15, -0.1) is 0 Å². The van der Waals surface area contributed by atoms with Gasteiger partial charge in [-0.25, -0.2) is 0 Å². The van der Waals surface area contributed by atoms with Crippen LogP contribution in [0.25, 0.3) is 0 Å². The second-order valence-corrected chi connectivity index (χ2v) is 7.15. The highest BCUT2D eigenvalue weighted by molar-refractivity contribution is 5.81. The quantitative estimate of drug-likeness (QED) is 0.762. The van der Waals surface area contributed by atoms with Crippen LogP contribution in [-0.2, 0) is 24.2 Å². The summed E-state index contributed by atoms with van der Waals surface area (Å²) in [6, 6.07) is 14.1. The molecule has 5 heteroatoms. The van der Waals surface area contributed by atoms with Crippen LogP contribution in [0, 0.1) is 0 Å². The van der Waals surface area contributed by atoms with Gasteiger partial charge in [-0.05, 0) is 67.6 Å². The molecule has 0 bridgehead atoms. The largest absolute Gasteiger partial charge is 0.497 e. The minimum absolute atomic E-state index is 0.0814. The first-order valence-electron chi connectivity index (χ1n) is 10.00. The number of rotatable bonds is 8. The molecular formula is C23H30N2O3. The van der Waals surface area contributed by atoms with Crippen LogP contribution in [0.1, 0.15) is 30.5 Å². The van der Waals surface area contributed by atoms with E-state index in [1.807, 2.05) is 44.2 Å². The van der Waals surface area contributed by atoms with Crippen LogP contribution >= 0.6 is 0 Å². The Labute approximate surface area is 167 Å². The van der Waals surface area contributed by atoms with E-state index in [2.05, 4.69) is 22.3 Å². The van der Waals surface area contributed by atoms with Gasteiger partial charge < -0.3 is 14.8 Å². The van der Waals surface area contributed by atoms with Crippen molar-refractivity contribution in [3.63, 3.8) is 0 Å². The van der Waals surface area contributed by atoms with Crippen LogP contribution in [0.5, 0.6) is 11.5 Å². The number of ether oxygens (including phenoxy) is 2. The Morgan fingerprint density at radius 3 is 2.61 bits per heavy atom. The normalized spacial score (nSPS) is 14.8. The van der Waals surface area contributed by atoms with E-state index in [0.717, 1.165) is 37.4 Å². The molecular weight excluding hydrogens is 352 g/mol. The fourth-order valence-electron chi connectivity index (χ4n) is 3.58. The third-order valence-electron chi connectivity index (χ3n) is 5.33. The summed E-state index contributed by atoms with van der Waals surface area (Å²) in [5.41, 5.74) is 3.80. The van der Waals surface area contributed by atoms with Crippen LogP contribution < -0.4 is 14.8 Å². The average molecular weight is 383 g/mol. The Morgan fingerprint density at radius 1 is 1.14 bits per heavy atom. The molecule has 1 amide bonds. The summed E-state index contributed by atoms with van der Waals surface area (Å²) in [5, 5.41) is 3.08. The molecule has 3 rings (SSSR count). The first kappa shape index (κ1) is 20.2. The number of hydrogen-bond donors (Lipinski definition) is 1. The van der Waals surface area contributed by atoms with Gasteiger partial charge >= 0.3 is 0 Å². The van der Waals surface area contributed by atoms with Crippen molar-refractivity contribution in [2.24, 2.45) is 0 Å². The molecule has 2 aromatic carbocycles. The summed E-state index contributed by atoms with van der Waals surface area (Å²) in [6.45, 7) is 6.95. The summed E-state index contributed by atoms with van der Waals surface area (Å²) < 4.78 is 10.8.